The van der Waals surface area contributed by atoms with Crippen molar-refractivity contribution in [3.8, 4) is 0 Å². The van der Waals surface area contributed by atoms with Crippen LogP contribution in [0.5, 0.6) is 0 Å². The van der Waals surface area contributed by atoms with Gasteiger partial charge in [-0.3, -0.25) is 14.8 Å². The number of anilines is 1. The van der Waals surface area contributed by atoms with Gasteiger partial charge in [-0.05, 0) is 42.5 Å². The van der Waals surface area contributed by atoms with Crippen molar-refractivity contribution in [1.82, 2.24) is 9.97 Å². The summed E-state index contributed by atoms with van der Waals surface area (Å²) in [6.45, 7) is 0. The molecule has 0 saturated heterocycles. The number of carbonyl (C=O) groups is 2. The third-order valence-corrected chi connectivity index (χ3v) is 5.17. The zero-order valence-corrected chi connectivity index (χ0v) is 18.3. The summed E-state index contributed by atoms with van der Waals surface area (Å²) in [6, 6.07) is 22.4. The van der Waals surface area contributed by atoms with Gasteiger partial charge in [-0.2, -0.15) is 0 Å². The number of hydrogen-bond acceptors (Lipinski definition) is 4. The summed E-state index contributed by atoms with van der Waals surface area (Å²) in [4.78, 5) is 31.0. The number of halogens is 2. The van der Waals surface area contributed by atoms with E-state index in [2.05, 4.69) is 15.3 Å². The monoisotopic (exact) mass is 473 g/mol. The molecule has 0 spiro atoms. The van der Waals surface area contributed by atoms with Crippen molar-refractivity contribution >= 4 is 51.0 Å². The topological polar surface area (TPSA) is 92.2 Å². The average molecular weight is 474 g/mol. The normalized spacial score (nSPS) is 10.4. The summed E-state index contributed by atoms with van der Waals surface area (Å²) in [6.07, 6.45) is 2.86. The van der Waals surface area contributed by atoms with Gasteiger partial charge in [0.05, 0.1) is 27.2 Å². The van der Waals surface area contributed by atoms with Gasteiger partial charge in [0.2, 0.25) is 0 Å². The van der Waals surface area contributed by atoms with E-state index in [-0.39, 0.29) is 16.5 Å². The fraction of sp³-hybridized carbons (Fsp3) is 0. The van der Waals surface area contributed by atoms with E-state index in [9.17, 15) is 14.0 Å². The molecule has 2 N–H and O–H groups in total. The lowest BCUT2D eigenvalue weighted by Crippen LogP contribution is -2.12. The van der Waals surface area contributed by atoms with E-state index < -0.39 is 11.8 Å². The summed E-state index contributed by atoms with van der Waals surface area (Å²) < 4.78 is 13.3. The highest BCUT2D eigenvalue weighted by Crippen LogP contribution is 2.20. The third-order valence-electron chi connectivity index (χ3n) is 4.87. The van der Waals surface area contributed by atoms with Crippen LogP contribution in [0.25, 0.3) is 21.8 Å². The fourth-order valence-corrected chi connectivity index (χ4v) is 3.28. The highest BCUT2D eigenvalue weighted by molar-refractivity contribution is 6.30. The number of benzene rings is 3. The number of pyridine rings is 2. The zero-order chi connectivity index (χ0) is 24.1. The Morgan fingerprint density at radius 2 is 1.35 bits per heavy atom. The molecule has 0 aliphatic carbocycles. The van der Waals surface area contributed by atoms with Gasteiger partial charge < -0.3 is 10.4 Å². The number of carboxylic acids is 1. The van der Waals surface area contributed by atoms with Crippen molar-refractivity contribution in [2.75, 3.05) is 5.32 Å². The van der Waals surface area contributed by atoms with Gasteiger partial charge in [0.25, 0.3) is 5.91 Å². The predicted octanol–water partition coefficient (Wildman–Crippen LogP) is 6.21. The van der Waals surface area contributed by atoms with E-state index in [1.165, 1.54) is 30.6 Å². The van der Waals surface area contributed by atoms with Crippen LogP contribution in [0.4, 0.5) is 10.1 Å². The minimum Gasteiger partial charge on any atom is -0.478 e. The zero-order valence-electron chi connectivity index (χ0n) is 17.6. The molecule has 2 aromatic heterocycles. The first-order valence-electron chi connectivity index (χ1n) is 10.1. The number of amides is 1. The van der Waals surface area contributed by atoms with Gasteiger partial charge in [-0.15, -0.1) is 0 Å². The number of fused-ring (bicyclic) bond motifs is 2. The minimum atomic E-state index is -0.946. The largest absolute Gasteiger partial charge is 0.478 e. The van der Waals surface area contributed by atoms with Crippen molar-refractivity contribution in [2.45, 2.75) is 0 Å². The van der Waals surface area contributed by atoms with Gasteiger partial charge in [-0.25, -0.2) is 9.18 Å². The maximum absolute atomic E-state index is 13.3. The molecule has 3 aromatic carbocycles. The van der Waals surface area contributed by atoms with E-state index in [1.54, 1.807) is 12.1 Å². The number of rotatable bonds is 3. The van der Waals surface area contributed by atoms with Gasteiger partial charge in [0.1, 0.15) is 5.82 Å². The number of carbonyl (C=O) groups excluding carboxylic acids is 1. The standard InChI is InChI=1S/C16H10ClFN2O.C10H7NO2/c17-13-6-5-12(8-14(13)18)20-16(21)11-7-10-3-1-2-4-15(10)19-9-11;12-10(13)8-5-7-3-1-2-4-9(7)11-6-8/h1-9H,(H,20,21);1-6H,(H,12,13). The van der Waals surface area contributed by atoms with Crippen LogP contribution in [-0.2, 0) is 0 Å². The third kappa shape index (κ3) is 5.33. The Bertz CT molecular complexity index is 1520. The number of para-hydroxylation sites is 2. The number of aromatic carboxylic acids is 1. The Balaban J connectivity index is 0.000000180. The second-order valence-electron chi connectivity index (χ2n) is 7.22. The van der Waals surface area contributed by atoms with Crippen LogP contribution in [0.15, 0.2) is 91.3 Å². The summed E-state index contributed by atoms with van der Waals surface area (Å²) in [5.74, 6) is -1.88. The first-order valence-corrected chi connectivity index (χ1v) is 10.5. The van der Waals surface area contributed by atoms with E-state index >= 15 is 0 Å². The molecule has 0 unspecified atom stereocenters. The number of hydrogen-bond donors (Lipinski definition) is 2. The molecule has 1 amide bonds. The smallest absolute Gasteiger partial charge is 0.337 e. The van der Waals surface area contributed by atoms with Gasteiger partial charge in [0.15, 0.2) is 0 Å². The highest BCUT2D eigenvalue weighted by atomic mass is 35.5. The molecule has 5 aromatic rings. The number of nitrogens with one attached hydrogen (secondary N) is 1. The molecular weight excluding hydrogens is 457 g/mol. The molecule has 0 fully saturated rings. The second kappa shape index (κ2) is 10.1. The van der Waals surface area contributed by atoms with Crippen molar-refractivity contribution in [3.05, 3.63) is 113 Å². The first kappa shape index (κ1) is 22.8. The van der Waals surface area contributed by atoms with Gasteiger partial charge >= 0.3 is 5.97 Å². The molecule has 0 atom stereocenters. The van der Waals surface area contributed by atoms with Crippen molar-refractivity contribution < 1.29 is 19.1 Å². The lowest BCUT2D eigenvalue weighted by atomic mass is 10.1. The van der Waals surface area contributed by atoms with E-state index in [1.807, 2.05) is 48.5 Å². The van der Waals surface area contributed by atoms with Crippen molar-refractivity contribution in [1.29, 1.82) is 0 Å². The lowest BCUT2D eigenvalue weighted by Gasteiger charge is -2.06. The molecule has 0 bridgehead atoms. The summed E-state index contributed by atoms with van der Waals surface area (Å²) in [5, 5.41) is 13.0. The fourth-order valence-electron chi connectivity index (χ4n) is 3.16. The maximum atomic E-state index is 13.3. The molecule has 2 heterocycles. The molecule has 0 radical (unpaired) electrons. The van der Waals surface area contributed by atoms with Crippen LogP contribution in [0.3, 0.4) is 0 Å². The lowest BCUT2D eigenvalue weighted by molar-refractivity contribution is 0.0696. The van der Waals surface area contributed by atoms with Crippen LogP contribution in [0.1, 0.15) is 20.7 Å². The molecule has 34 heavy (non-hydrogen) atoms. The molecule has 0 saturated carbocycles. The average Bonchev–Trinajstić information content (AvgIpc) is 2.86. The summed E-state index contributed by atoms with van der Waals surface area (Å²) in [5.41, 5.74) is 2.59. The van der Waals surface area contributed by atoms with Crippen LogP contribution in [0, 0.1) is 5.82 Å². The SMILES string of the molecule is O=C(Nc1ccc(Cl)c(F)c1)c1cnc2ccccc2c1.O=C(O)c1cnc2ccccc2c1. The summed E-state index contributed by atoms with van der Waals surface area (Å²) >= 11 is 5.60. The number of nitrogens with zero attached hydrogens (tertiary/aromatic N) is 2. The van der Waals surface area contributed by atoms with Crippen molar-refractivity contribution in [2.24, 2.45) is 0 Å². The van der Waals surface area contributed by atoms with Crippen LogP contribution >= 0.6 is 11.6 Å². The number of carboxylic acid groups (broad SMARTS) is 1. The molecule has 5 rings (SSSR count). The van der Waals surface area contributed by atoms with Crippen LogP contribution in [-0.4, -0.2) is 27.0 Å². The molecule has 6 nitrogen and oxygen atoms in total. The Hall–Kier alpha value is -4.36. The molecule has 0 aliphatic heterocycles. The van der Waals surface area contributed by atoms with Gasteiger partial charge in [-0.1, -0.05) is 48.0 Å². The Morgan fingerprint density at radius 1 is 0.794 bits per heavy atom. The quantitative estimate of drug-likeness (QED) is 0.325. The van der Waals surface area contributed by atoms with E-state index in [4.69, 9.17) is 16.7 Å². The Labute approximate surface area is 198 Å². The number of aromatic nitrogens is 2. The molecule has 168 valence electrons. The van der Waals surface area contributed by atoms with Gasteiger partial charge in [0, 0.05) is 28.9 Å². The minimum absolute atomic E-state index is 0.0142. The van der Waals surface area contributed by atoms with Crippen LogP contribution < -0.4 is 5.32 Å². The maximum Gasteiger partial charge on any atom is 0.337 e. The summed E-state index contributed by atoms with van der Waals surface area (Å²) in [7, 11) is 0. The Morgan fingerprint density at radius 3 is 1.94 bits per heavy atom. The molecule has 8 heteroatoms. The molecular formula is C26H17ClFN3O3. The Kier molecular flexibility index (Phi) is 6.75. The second-order valence-corrected chi connectivity index (χ2v) is 7.63. The highest BCUT2D eigenvalue weighted by Gasteiger charge is 2.09. The van der Waals surface area contributed by atoms with E-state index in [0.29, 0.717) is 11.3 Å². The molecule has 0 aliphatic rings. The first-order chi connectivity index (χ1) is 16.4. The predicted molar refractivity (Wildman–Crippen MR) is 130 cm³/mol. The van der Waals surface area contributed by atoms with E-state index in [0.717, 1.165) is 21.8 Å². The van der Waals surface area contributed by atoms with Crippen molar-refractivity contribution in [3.63, 3.8) is 0 Å². The van der Waals surface area contributed by atoms with Crippen LogP contribution in [0.2, 0.25) is 5.02 Å².